The second-order valence-electron chi connectivity index (χ2n) is 21.5. The van der Waals surface area contributed by atoms with Gasteiger partial charge in [0.05, 0.1) is 127 Å². The Bertz CT molecular complexity index is 5160. The van der Waals surface area contributed by atoms with Gasteiger partial charge in [-0.15, -0.1) is 0 Å². The molecule has 0 saturated carbocycles. The molecule has 11 aromatic carbocycles. The van der Waals surface area contributed by atoms with Crippen LogP contribution in [0.5, 0.6) is 0 Å². The molecule has 0 spiro atoms. The molecule has 14 aromatic rings. The minimum atomic E-state index is 0.344. The molecule has 12 nitrogen and oxygen atoms in total. The molecule has 14 rings (SSSR count). The van der Waals surface area contributed by atoms with Crippen LogP contribution in [0.25, 0.3) is 133 Å². The van der Waals surface area contributed by atoms with Gasteiger partial charge in [-0.2, -0.15) is 42.1 Å². The van der Waals surface area contributed by atoms with Gasteiger partial charge in [0.2, 0.25) is 0 Å². The minimum Gasteiger partial charge on any atom is -0.309 e. The lowest BCUT2D eigenvalue weighted by molar-refractivity contribution is 1.13. The van der Waals surface area contributed by atoms with E-state index in [2.05, 4.69) is 100 Å². The van der Waals surface area contributed by atoms with E-state index in [4.69, 9.17) is 9.97 Å². The van der Waals surface area contributed by atoms with Gasteiger partial charge < -0.3 is 9.13 Å². The van der Waals surface area contributed by atoms with Gasteiger partial charge in [0.1, 0.15) is 0 Å². The van der Waals surface area contributed by atoms with Crippen molar-refractivity contribution >= 4 is 43.6 Å². The van der Waals surface area contributed by atoms with Crippen LogP contribution in [0.2, 0.25) is 0 Å². The van der Waals surface area contributed by atoms with Crippen LogP contribution in [-0.2, 0) is 0 Å². The fourth-order valence-corrected chi connectivity index (χ4v) is 12.2. The Morgan fingerprint density at radius 3 is 0.867 bits per heavy atom. The summed E-state index contributed by atoms with van der Waals surface area (Å²) in [7, 11) is 0. The van der Waals surface area contributed by atoms with Gasteiger partial charge >= 0.3 is 0 Å². The SMILES string of the molecule is N#Cc1ccc(-c2ccc3c(c2)c2cc(-c4ccc(C#N)cc4C#N)ccc2n3-c2cc(-c3cc(-c4ccccc4)nc(-c4ccccc4)n3)cc(-n3c4ccc(-c5ccc(C#N)cc5C#N)cc4c4cc(-c5ccc(C#N)cc5C#N)ccc43)c2)c(C#N)c1. The normalized spacial score (nSPS) is 10.8. The molecule has 0 fully saturated rings. The molecule has 3 aromatic heterocycles. The summed E-state index contributed by atoms with van der Waals surface area (Å²) in [5.74, 6) is 0.519. The molecule has 0 saturated heterocycles. The highest BCUT2D eigenvalue weighted by Gasteiger charge is 2.23. The van der Waals surface area contributed by atoms with Crippen molar-refractivity contribution in [3.05, 3.63) is 275 Å². The topological polar surface area (TPSA) is 226 Å². The molecule has 3 heterocycles. The Hall–Kier alpha value is -14.0. The van der Waals surface area contributed by atoms with Crippen molar-refractivity contribution in [3.63, 3.8) is 0 Å². The molecule has 0 unspecified atom stereocenters. The Labute approximate surface area is 515 Å². The van der Waals surface area contributed by atoms with Gasteiger partial charge in [0, 0.05) is 49.6 Å². The highest BCUT2D eigenvalue weighted by Crippen LogP contribution is 2.43. The predicted octanol–water partition coefficient (Wildman–Crippen LogP) is 17.3. The molecule has 0 N–H and O–H groups in total. The quantitative estimate of drug-likeness (QED) is 0.133. The van der Waals surface area contributed by atoms with E-state index in [9.17, 15) is 42.1 Å². The van der Waals surface area contributed by atoms with Crippen molar-refractivity contribution in [2.75, 3.05) is 0 Å². The lowest BCUT2D eigenvalue weighted by Crippen LogP contribution is -2.02. The van der Waals surface area contributed by atoms with E-state index in [-0.39, 0.29) is 0 Å². The number of nitrogens with zero attached hydrogens (tertiary/aromatic N) is 12. The number of hydrogen-bond donors (Lipinski definition) is 0. The maximum atomic E-state index is 10.5. The standard InChI is InChI=1S/C78H38N12/c79-39-47-11-19-64(58(27-47)43-83)53-15-23-74-68(33-53)69-34-54(65-20-12-48(40-80)28-59(65)44-84)16-24-75(69)89(74)62-31-57(73-38-72(51-7-3-1-4-8-51)87-78(88-73)52-9-5-2-6-10-52)32-63(37-62)90-76-25-17-55(66-21-13-49(41-81)29-60(66)45-85)35-70(76)71-36-56(18-26-77(71)90)67-22-14-50(42-82)30-61(67)46-86/h1-38H. The van der Waals surface area contributed by atoms with Crippen LogP contribution in [0, 0.1) is 90.6 Å². The van der Waals surface area contributed by atoms with E-state index in [1.807, 2.05) is 115 Å². The van der Waals surface area contributed by atoms with Crippen molar-refractivity contribution in [1.82, 2.24) is 19.1 Å². The minimum absolute atomic E-state index is 0.344. The van der Waals surface area contributed by atoms with Gasteiger partial charge in [-0.3, -0.25) is 0 Å². The zero-order valence-corrected chi connectivity index (χ0v) is 47.3. The number of fused-ring (bicyclic) bond motifs is 6. The van der Waals surface area contributed by atoms with Gasteiger partial charge in [0.15, 0.2) is 5.82 Å². The Balaban J connectivity index is 1.09. The van der Waals surface area contributed by atoms with Crippen LogP contribution in [0.4, 0.5) is 0 Å². The molecular weight excluding hydrogens is 1100 g/mol. The average molecular weight is 1140 g/mol. The summed E-state index contributed by atoms with van der Waals surface area (Å²) >= 11 is 0. The molecule has 0 aliphatic carbocycles. The van der Waals surface area contributed by atoms with E-state index in [1.165, 1.54) is 0 Å². The van der Waals surface area contributed by atoms with Gasteiger partial charge in [0.25, 0.3) is 0 Å². The largest absolute Gasteiger partial charge is 0.309 e. The van der Waals surface area contributed by atoms with E-state index < -0.39 is 0 Å². The molecule has 0 aliphatic heterocycles. The number of hydrogen-bond acceptors (Lipinski definition) is 10. The molecule has 0 bridgehead atoms. The highest BCUT2D eigenvalue weighted by atomic mass is 15.0. The van der Waals surface area contributed by atoms with Gasteiger partial charge in [-0.1, -0.05) is 109 Å². The van der Waals surface area contributed by atoms with Crippen LogP contribution in [0.1, 0.15) is 44.5 Å². The van der Waals surface area contributed by atoms with Crippen LogP contribution >= 0.6 is 0 Å². The molecule has 0 radical (unpaired) electrons. The van der Waals surface area contributed by atoms with E-state index in [0.717, 1.165) is 93.9 Å². The van der Waals surface area contributed by atoms with Crippen LogP contribution in [0.15, 0.2) is 231 Å². The van der Waals surface area contributed by atoms with Crippen LogP contribution in [-0.4, -0.2) is 19.1 Å². The summed E-state index contributed by atoms with van der Waals surface area (Å²) < 4.78 is 4.40. The maximum absolute atomic E-state index is 10.5. The first-order valence-corrected chi connectivity index (χ1v) is 28.3. The molecule has 12 heteroatoms. The number of rotatable bonds is 9. The third-order valence-electron chi connectivity index (χ3n) is 16.4. The third kappa shape index (κ3) is 9.30. The average Bonchev–Trinajstić information content (AvgIpc) is 1.59. The highest BCUT2D eigenvalue weighted by molar-refractivity contribution is 6.14. The Kier molecular flexibility index (Phi) is 13.3. The summed E-state index contributed by atoms with van der Waals surface area (Å²) in [6, 6.07) is 90.6. The molecular formula is C78H38N12. The molecule has 0 aliphatic rings. The molecule has 0 amide bonds. The summed E-state index contributed by atoms with van der Waals surface area (Å²) in [4.78, 5) is 10.5. The number of nitriles is 8. The first-order valence-electron chi connectivity index (χ1n) is 28.3. The van der Waals surface area contributed by atoms with Crippen LogP contribution in [0.3, 0.4) is 0 Å². The van der Waals surface area contributed by atoms with E-state index in [1.54, 1.807) is 72.8 Å². The first kappa shape index (κ1) is 54.0. The van der Waals surface area contributed by atoms with Crippen molar-refractivity contribution < 1.29 is 0 Å². The Morgan fingerprint density at radius 2 is 0.556 bits per heavy atom. The van der Waals surface area contributed by atoms with E-state index in [0.29, 0.717) is 84.0 Å². The summed E-state index contributed by atoms with van der Waals surface area (Å²) in [5, 5.41) is 84.4. The lowest BCUT2D eigenvalue weighted by Gasteiger charge is -2.17. The number of benzene rings is 11. The maximum Gasteiger partial charge on any atom is 0.160 e. The fraction of sp³-hybridized carbons (Fsp3) is 0. The molecule has 0 atom stereocenters. The molecule has 410 valence electrons. The number of aromatic nitrogens is 4. The second kappa shape index (κ2) is 22.2. The second-order valence-corrected chi connectivity index (χ2v) is 21.5. The van der Waals surface area contributed by atoms with Crippen molar-refractivity contribution in [3.8, 4) is 138 Å². The summed E-state index contributed by atoms with van der Waals surface area (Å²) in [5.41, 5.74) is 16.9. The molecule has 90 heavy (non-hydrogen) atoms. The van der Waals surface area contributed by atoms with Gasteiger partial charge in [-0.25, -0.2) is 9.97 Å². The van der Waals surface area contributed by atoms with Crippen molar-refractivity contribution in [2.24, 2.45) is 0 Å². The lowest BCUT2D eigenvalue weighted by atomic mass is 9.95. The van der Waals surface area contributed by atoms with E-state index >= 15 is 0 Å². The zero-order valence-electron chi connectivity index (χ0n) is 47.3. The monoisotopic (exact) mass is 1140 g/mol. The predicted molar refractivity (Wildman–Crippen MR) is 346 cm³/mol. The zero-order chi connectivity index (χ0) is 61.6. The van der Waals surface area contributed by atoms with Crippen molar-refractivity contribution in [1.29, 1.82) is 42.1 Å². The smallest absolute Gasteiger partial charge is 0.160 e. The summed E-state index contributed by atoms with van der Waals surface area (Å²) in [6.45, 7) is 0. The van der Waals surface area contributed by atoms with Crippen molar-refractivity contribution in [2.45, 2.75) is 0 Å². The Morgan fingerprint density at radius 1 is 0.244 bits per heavy atom. The third-order valence-corrected chi connectivity index (χ3v) is 16.4. The van der Waals surface area contributed by atoms with Crippen LogP contribution < -0.4 is 0 Å². The summed E-state index contributed by atoms with van der Waals surface area (Å²) in [6.07, 6.45) is 0. The van der Waals surface area contributed by atoms with Gasteiger partial charge in [-0.05, 0) is 166 Å². The first-order chi connectivity index (χ1) is 44.2. The fourth-order valence-electron chi connectivity index (χ4n) is 12.2.